The van der Waals surface area contributed by atoms with Crippen LogP contribution in [-0.2, 0) is 0 Å². The SMILES string of the molecule is CN=C(NCCC1=CCCCC1)NCCN1CCCN(C)CC1. The lowest BCUT2D eigenvalue weighted by Crippen LogP contribution is -2.42. The molecule has 1 aliphatic carbocycles. The average molecular weight is 322 g/mol. The van der Waals surface area contributed by atoms with Crippen molar-refractivity contribution in [3.05, 3.63) is 11.6 Å². The highest BCUT2D eigenvalue weighted by molar-refractivity contribution is 5.79. The van der Waals surface area contributed by atoms with Gasteiger partial charge in [-0.2, -0.15) is 0 Å². The van der Waals surface area contributed by atoms with E-state index >= 15 is 0 Å². The van der Waals surface area contributed by atoms with Gasteiger partial charge in [0.1, 0.15) is 0 Å². The van der Waals surface area contributed by atoms with Crippen LogP contribution < -0.4 is 10.6 Å². The molecule has 0 aromatic rings. The van der Waals surface area contributed by atoms with E-state index in [1.807, 2.05) is 7.05 Å². The summed E-state index contributed by atoms with van der Waals surface area (Å²) >= 11 is 0. The van der Waals surface area contributed by atoms with Crippen LogP contribution in [-0.4, -0.2) is 75.7 Å². The second-order valence-corrected chi connectivity index (χ2v) is 6.78. The summed E-state index contributed by atoms with van der Waals surface area (Å²) in [4.78, 5) is 9.31. The molecule has 0 aromatic carbocycles. The van der Waals surface area contributed by atoms with Crippen molar-refractivity contribution in [2.75, 3.05) is 59.9 Å². The van der Waals surface area contributed by atoms with Crippen molar-refractivity contribution in [2.45, 2.75) is 38.5 Å². The first kappa shape index (κ1) is 18.3. The number of allylic oxidation sites excluding steroid dienone is 1. The van der Waals surface area contributed by atoms with Gasteiger partial charge in [-0.3, -0.25) is 4.99 Å². The number of likely N-dealkylation sites (N-methyl/N-ethyl adjacent to an activating group) is 1. The van der Waals surface area contributed by atoms with Crippen LogP contribution in [0.15, 0.2) is 16.6 Å². The van der Waals surface area contributed by atoms with Gasteiger partial charge in [0, 0.05) is 39.8 Å². The first-order valence-corrected chi connectivity index (χ1v) is 9.31. The molecule has 0 amide bonds. The van der Waals surface area contributed by atoms with Crippen LogP contribution in [0.25, 0.3) is 0 Å². The van der Waals surface area contributed by atoms with E-state index in [-0.39, 0.29) is 0 Å². The molecule has 1 heterocycles. The summed E-state index contributed by atoms with van der Waals surface area (Å²) in [5, 5.41) is 6.90. The molecule has 1 aliphatic heterocycles. The minimum absolute atomic E-state index is 0.938. The summed E-state index contributed by atoms with van der Waals surface area (Å²) in [7, 11) is 4.07. The fourth-order valence-corrected chi connectivity index (χ4v) is 3.35. The van der Waals surface area contributed by atoms with Crippen LogP contribution in [0.4, 0.5) is 0 Å². The monoisotopic (exact) mass is 321 g/mol. The fraction of sp³-hybridized carbons (Fsp3) is 0.833. The van der Waals surface area contributed by atoms with Crippen molar-refractivity contribution in [1.29, 1.82) is 0 Å². The number of rotatable bonds is 6. The third-order valence-electron chi connectivity index (χ3n) is 4.88. The molecule has 132 valence electrons. The Morgan fingerprint density at radius 2 is 1.96 bits per heavy atom. The molecular weight excluding hydrogens is 286 g/mol. The normalized spacial score (nSPS) is 21.7. The molecule has 0 spiro atoms. The van der Waals surface area contributed by atoms with Gasteiger partial charge in [-0.15, -0.1) is 0 Å². The molecule has 0 radical (unpaired) electrons. The van der Waals surface area contributed by atoms with Gasteiger partial charge in [0.25, 0.3) is 0 Å². The maximum Gasteiger partial charge on any atom is 0.191 e. The molecule has 0 aromatic heterocycles. The predicted octanol–water partition coefficient (Wildman–Crippen LogP) is 1.68. The Hall–Kier alpha value is -1.07. The molecule has 1 fully saturated rings. The maximum atomic E-state index is 4.33. The van der Waals surface area contributed by atoms with Crippen LogP contribution in [0.5, 0.6) is 0 Å². The highest BCUT2D eigenvalue weighted by atomic mass is 15.2. The molecule has 5 nitrogen and oxygen atoms in total. The van der Waals surface area contributed by atoms with E-state index in [2.05, 4.69) is 38.5 Å². The summed E-state index contributed by atoms with van der Waals surface area (Å²) in [5.41, 5.74) is 1.62. The van der Waals surface area contributed by atoms with E-state index in [0.29, 0.717) is 0 Å². The molecule has 23 heavy (non-hydrogen) atoms. The zero-order chi connectivity index (χ0) is 16.3. The third kappa shape index (κ3) is 7.36. The Labute approximate surface area is 142 Å². The first-order chi connectivity index (χ1) is 11.3. The topological polar surface area (TPSA) is 42.9 Å². The van der Waals surface area contributed by atoms with Crippen LogP contribution in [0.3, 0.4) is 0 Å². The van der Waals surface area contributed by atoms with Gasteiger partial charge in [0.15, 0.2) is 5.96 Å². The van der Waals surface area contributed by atoms with Gasteiger partial charge in [-0.05, 0) is 58.7 Å². The van der Waals surface area contributed by atoms with Gasteiger partial charge >= 0.3 is 0 Å². The zero-order valence-electron chi connectivity index (χ0n) is 15.1. The van der Waals surface area contributed by atoms with E-state index < -0.39 is 0 Å². The Morgan fingerprint density at radius 1 is 1.09 bits per heavy atom. The summed E-state index contributed by atoms with van der Waals surface area (Å²) in [6.45, 7) is 7.85. The van der Waals surface area contributed by atoms with E-state index in [4.69, 9.17) is 0 Å². The number of aliphatic imine (C=N–C) groups is 1. The first-order valence-electron chi connectivity index (χ1n) is 9.31. The highest BCUT2D eigenvalue weighted by Gasteiger charge is 2.11. The van der Waals surface area contributed by atoms with Crippen molar-refractivity contribution in [3.8, 4) is 0 Å². The van der Waals surface area contributed by atoms with E-state index in [1.165, 1.54) is 58.3 Å². The number of guanidine groups is 1. The van der Waals surface area contributed by atoms with Gasteiger partial charge in [0.05, 0.1) is 0 Å². The minimum Gasteiger partial charge on any atom is -0.356 e. The van der Waals surface area contributed by atoms with Crippen molar-refractivity contribution in [2.24, 2.45) is 4.99 Å². The molecular formula is C18H35N5. The molecule has 2 N–H and O–H groups in total. The maximum absolute atomic E-state index is 4.33. The molecule has 0 atom stereocenters. The Kier molecular flexibility index (Phi) is 8.47. The Morgan fingerprint density at radius 3 is 2.74 bits per heavy atom. The molecule has 5 heteroatoms. The lowest BCUT2D eigenvalue weighted by molar-refractivity contribution is 0.280. The van der Waals surface area contributed by atoms with Gasteiger partial charge in [-0.25, -0.2) is 0 Å². The summed E-state index contributed by atoms with van der Waals surface area (Å²) < 4.78 is 0. The summed E-state index contributed by atoms with van der Waals surface area (Å²) in [5.74, 6) is 0.938. The second-order valence-electron chi connectivity index (χ2n) is 6.78. The molecule has 1 saturated heterocycles. The molecule has 2 rings (SSSR count). The number of hydrogen-bond donors (Lipinski definition) is 2. The smallest absolute Gasteiger partial charge is 0.191 e. The van der Waals surface area contributed by atoms with Crippen LogP contribution in [0.1, 0.15) is 38.5 Å². The molecule has 2 aliphatic rings. The lowest BCUT2D eigenvalue weighted by Gasteiger charge is -2.21. The second kappa shape index (κ2) is 10.7. The zero-order valence-corrected chi connectivity index (χ0v) is 15.1. The molecule has 0 bridgehead atoms. The van der Waals surface area contributed by atoms with Crippen molar-refractivity contribution < 1.29 is 0 Å². The van der Waals surface area contributed by atoms with Crippen LogP contribution in [0.2, 0.25) is 0 Å². The third-order valence-corrected chi connectivity index (χ3v) is 4.88. The van der Waals surface area contributed by atoms with E-state index in [1.54, 1.807) is 5.57 Å². The fourth-order valence-electron chi connectivity index (χ4n) is 3.35. The summed E-state index contributed by atoms with van der Waals surface area (Å²) in [6, 6.07) is 0. The quantitative estimate of drug-likeness (QED) is 0.444. The Balaban J connectivity index is 1.58. The van der Waals surface area contributed by atoms with Gasteiger partial charge < -0.3 is 20.4 Å². The van der Waals surface area contributed by atoms with Crippen molar-refractivity contribution in [1.82, 2.24) is 20.4 Å². The van der Waals surface area contributed by atoms with Crippen molar-refractivity contribution in [3.63, 3.8) is 0 Å². The predicted molar refractivity (Wildman–Crippen MR) is 99.1 cm³/mol. The number of hydrogen-bond acceptors (Lipinski definition) is 3. The molecule has 0 saturated carbocycles. The largest absolute Gasteiger partial charge is 0.356 e. The lowest BCUT2D eigenvalue weighted by atomic mass is 9.97. The van der Waals surface area contributed by atoms with Crippen LogP contribution >= 0.6 is 0 Å². The van der Waals surface area contributed by atoms with Crippen molar-refractivity contribution >= 4 is 5.96 Å². The average Bonchev–Trinajstić information content (AvgIpc) is 2.79. The highest BCUT2D eigenvalue weighted by Crippen LogP contribution is 2.19. The Bertz CT molecular complexity index is 391. The van der Waals surface area contributed by atoms with E-state index in [9.17, 15) is 0 Å². The van der Waals surface area contributed by atoms with E-state index in [0.717, 1.165) is 32.0 Å². The standard InChI is InChI=1S/C18H35N5/c1-19-18(20-10-9-17-7-4-3-5-8-17)21-11-14-23-13-6-12-22(2)15-16-23/h7H,3-6,8-16H2,1-2H3,(H2,19,20,21). The number of nitrogens with zero attached hydrogens (tertiary/aromatic N) is 3. The molecule has 0 unspecified atom stereocenters. The minimum atomic E-state index is 0.938. The van der Waals surface area contributed by atoms with Crippen LogP contribution in [0, 0.1) is 0 Å². The van der Waals surface area contributed by atoms with Gasteiger partial charge in [0.2, 0.25) is 0 Å². The van der Waals surface area contributed by atoms with Gasteiger partial charge in [-0.1, -0.05) is 11.6 Å². The summed E-state index contributed by atoms with van der Waals surface area (Å²) in [6.07, 6.45) is 10.1. The number of nitrogens with one attached hydrogen (secondary N) is 2.